The number of halogens is 6. The molecule has 0 atom stereocenters. The van der Waals surface area contributed by atoms with Crippen molar-refractivity contribution in [3.05, 3.63) is 11.8 Å². The molecule has 0 aliphatic rings. The molecule has 1 rings (SSSR count). The molecule has 1 aromatic rings. The minimum atomic E-state index is -6.04. The molecule has 0 bridgehead atoms. The van der Waals surface area contributed by atoms with Crippen LogP contribution in [0.4, 0.5) is 26.3 Å². The summed E-state index contributed by atoms with van der Waals surface area (Å²) >= 11 is 0. The van der Waals surface area contributed by atoms with Crippen molar-refractivity contribution in [2.45, 2.75) is 25.2 Å². The summed E-state index contributed by atoms with van der Waals surface area (Å²) in [7, 11) is -6.04. The molecule has 0 aliphatic carbocycles. The average molecular weight is 312 g/mol. The van der Waals surface area contributed by atoms with Gasteiger partial charge in [0.15, 0.2) is 0 Å². The van der Waals surface area contributed by atoms with E-state index in [0.29, 0.717) is 6.07 Å². The molecule has 0 spiro atoms. The van der Waals surface area contributed by atoms with E-state index in [2.05, 4.69) is 9.28 Å². The first-order chi connectivity index (χ1) is 8.32. The van der Waals surface area contributed by atoms with Crippen LogP contribution in [-0.4, -0.2) is 29.9 Å². The lowest BCUT2D eigenvalue weighted by Gasteiger charge is -2.12. The van der Waals surface area contributed by atoms with Gasteiger partial charge in [-0.1, -0.05) is 0 Å². The van der Waals surface area contributed by atoms with E-state index in [1.54, 1.807) is 0 Å². The van der Waals surface area contributed by atoms with Crippen LogP contribution in [-0.2, 0) is 16.7 Å². The number of aryl methyl sites for hydroxylation is 1. The van der Waals surface area contributed by atoms with E-state index in [9.17, 15) is 34.8 Å². The second-order valence-corrected chi connectivity index (χ2v) is 4.92. The lowest BCUT2D eigenvalue weighted by molar-refractivity contribution is -0.143. The molecule has 0 radical (unpaired) electrons. The fourth-order valence-electron chi connectivity index (χ4n) is 1.03. The van der Waals surface area contributed by atoms with E-state index < -0.39 is 34.2 Å². The first-order valence-electron chi connectivity index (χ1n) is 4.44. The van der Waals surface area contributed by atoms with Gasteiger partial charge in [0.1, 0.15) is 6.54 Å². The van der Waals surface area contributed by atoms with Gasteiger partial charge >= 0.3 is 21.8 Å². The number of hydrogen-bond acceptors (Lipinski definition) is 4. The number of hydrogen-bond donors (Lipinski definition) is 0. The maximum Gasteiger partial charge on any atom is 0.534 e. The summed E-state index contributed by atoms with van der Waals surface area (Å²) in [4.78, 5) is 0. The molecule has 19 heavy (non-hydrogen) atoms. The van der Waals surface area contributed by atoms with E-state index in [1.165, 1.54) is 6.92 Å². The zero-order chi connectivity index (χ0) is 15.1. The summed E-state index contributed by atoms with van der Waals surface area (Å²) in [5, 5.41) is 3.20. The highest BCUT2D eigenvalue weighted by molar-refractivity contribution is 7.87. The Balaban J connectivity index is 3.10. The van der Waals surface area contributed by atoms with Crippen LogP contribution in [0.5, 0.6) is 5.88 Å². The van der Waals surface area contributed by atoms with Gasteiger partial charge in [-0.05, 0) is 6.92 Å². The van der Waals surface area contributed by atoms with Gasteiger partial charge in [0, 0.05) is 6.07 Å². The molecular weight excluding hydrogens is 306 g/mol. The molecule has 1 heterocycles. The summed E-state index contributed by atoms with van der Waals surface area (Å²) in [6.07, 6.45) is -4.79. The van der Waals surface area contributed by atoms with Gasteiger partial charge in [-0.15, -0.1) is 0 Å². The summed E-state index contributed by atoms with van der Waals surface area (Å²) in [6, 6.07) is 0.648. The molecular formula is C7H6F6N2O3S. The second kappa shape index (κ2) is 4.58. The van der Waals surface area contributed by atoms with Crippen LogP contribution < -0.4 is 4.18 Å². The number of nitrogens with zero attached hydrogens (tertiary/aromatic N) is 2. The molecule has 1 aromatic heterocycles. The lowest BCUT2D eigenvalue weighted by atomic mass is 10.5. The molecule has 5 nitrogen and oxygen atoms in total. The van der Waals surface area contributed by atoms with Crippen LogP contribution in [0.15, 0.2) is 6.07 Å². The van der Waals surface area contributed by atoms with Gasteiger partial charge in [-0.25, -0.2) is 4.68 Å². The second-order valence-electron chi connectivity index (χ2n) is 3.38. The Labute approximate surface area is 102 Å². The fraction of sp³-hybridized carbons (Fsp3) is 0.571. The molecule has 12 heteroatoms. The molecule has 0 aromatic carbocycles. The van der Waals surface area contributed by atoms with Crippen molar-refractivity contribution in [3.63, 3.8) is 0 Å². The van der Waals surface area contributed by atoms with E-state index in [-0.39, 0.29) is 10.4 Å². The summed E-state index contributed by atoms with van der Waals surface area (Å²) in [5.41, 5.74) is -5.87. The summed E-state index contributed by atoms with van der Waals surface area (Å²) < 4.78 is 97.4. The van der Waals surface area contributed by atoms with E-state index in [4.69, 9.17) is 0 Å². The Morgan fingerprint density at radius 3 is 2.21 bits per heavy atom. The molecule has 0 unspecified atom stereocenters. The first kappa shape index (κ1) is 15.6. The van der Waals surface area contributed by atoms with Gasteiger partial charge in [-0.2, -0.15) is 39.9 Å². The maximum absolute atomic E-state index is 12.1. The summed E-state index contributed by atoms with van der Waals surface area (Å²) in [5.74, 6) is -1.16. The fourth-order valence-corrected chi connectivity index (χ4v) is 1.49. The van der Waals surface area contributed by atoms with Crippen LogP contribution >= 0.6 is 0 Å². The monoisotopic (exact) mass is 312 g/mol. The average Bonchev–Trinajstić information content (AvgIpc) is 2.40. The van der Waals surface area contributed by atoms with E-state index in [0.717, 1.165) is 0 Å². The zero-order valence-electron chi connectivity index (χ0n) is 9.08. The van der Waals surface area contributed by atoms with Gasteiger partial charge in [0.25, 0.3) is 0 Å². The quantitative estimate of drug-likeness (QED) is 0.486. The van der Waals surface area contributed by atoms with E-state index >= 15 is 0 Å². The third-order valence-corrected chi connectivity index (χ3v) is 2.63. The molecule has 0 fully saturated rings. The van der Waals surface area contributed by atoms with Gasteiger partial charge < -0.3 is 4.18 Å². The Kier molecular flexibility index (Phi) is 3.76. The first-order valence-corrected chi connectivity index (χ1v) is 5.84. The Hall–Kier alpha value is -1.46. The predicted molar refractivity (Wildman–Crippen MR) is 48.6 cm³/mol. The van der Waals surface area contributed by atoms with Crippen LogP contribution in [0.25, 0.3) is 0 Å². The SMILES string of the molecule is Cc1cc(OS(=O)(=O)C(F)(F)F)n(CC(F)(F)F)n1. The normalized spacial score (nSPS) is 13.6. The number of rotatable bonds is 3. The summed E-state index contributed by atoms with van der Waals surface area (Å²) in [6.45, 7) is -0.608. The van der Waals surface area contributed by atoms with Gasteiger partial charge in [0.2, 0.25) is 5.88 Å². The van der Waals surface area contributed by atoms with Crippen LogP contribution in [0, 0.1) is 6.92 Å². The largest absolute Gasteiger partial charge is 0.534 e. The Morgan fingerprint density at radius 2 is 1.79 bits per heavy atom. The topological polar surface area (TPSA) is 61.2 Å². The highest BCUT2D eigenvalue weighted by Crippen LogP contribution is 2.28. The minimum absolute atomic E-state index is 0.0153. The van der Waals surface area contributed by atoms with Crippen molar-refractivity contribution in [3.8, 4) is 5.88 Å². The number of aromatic nitrogens is 2. The molecule has 0 saturated carbocycles. The molecule has 0 aliphatic heterocycles. The molecule has 110 valence electrons. The van der Waals surface area contributed by atoms with Crippen molar-refractivity contribution in [1.29, 1.82) is 0 Å². The standard InChI is InChI=1S/C7H6F6N2O3S/c1-4-2-5(15(14-4)3-6(8,9)10)18-19(16,17)7(11,12)13/h2H,3H2,1H3. The maximum atomic E-state index is 12.1. The predicted octanol–water partition coefficient (Wildman–Crippen LogP) is 1.98. The lowest BCUT2D eigenvalue weighted by Crippen LogP contribution is -2.29. The van der Waals surface area contributed by atoms with Crippen LogP contribution in [0.1, 0.15) is 5.69 Å². The Bertz CT molecular complexity index is 558. The van der Waals surface area contributed by atoms with Crippen molar-refractivity contribution < 1.29 is 38.9 Å². The third-order valence-electron chi connectivity index (χ3n) is 1.67. The molecule has 0 saturated heterocycles. The van der Waals surface area contributed by atoms with Crippen LogP contribution in [0.2, 0.25) is 0 Å². The van der Waals surface area contributed by atoms with Gasteiger partial charge in [0.05, 0.1) is 5.69 Å². The van der Waals surface area contributed by atoms with E-state index in [1.807, 2.05) is 0 Å². The van der Waals surface area contributed by atoms with Crippen molar-refractivity contribution in [1.82, 2.24) is 9.78 Å². The minimum Gasteiger partial charge on any atom is -0.356 e. The Morgan fingerprint density at radius 1 is 1.26 bits per heavy atom. The van der Waals surface area contributed by atoms with Crippen LogP contribution in [0.3, 0.4) is 0 Å². The third kappa shape index (κ3) is 4.01. The van der Waals surface area contributed by atoms with Crippen molar-refractivity contribution >= 4 is 10.1 Å². The van der Waals surface area contributed by atoms with Crippen molar-refractivity contribution in [2.24, 2.45) is 0 Å². The zero-order valence-corrected chi connectivity index (χ0v) is 9.90. The van der Waals surface area contributed by atoms with Crippen molar-refractivity contribution in [2.75, 3.05) is 0 Å². The number of alkyl halides is 6. The molecule has 0 amide bonds. The highest BCUT2D eigenvalue weighted by atomic mass is 32.2. The highest BCUT2D eigenvalue weighted by Gasteiger charge is 2.49. The smallest absolute Gasteiger partial charge is 0.356 e. The molecule has 0 N–H and O–H groups in total. The van der Waals surface area contributed by atoms with Gasteiger partial charge in [-0.3, -0.25) is 0 Å².